The minimum atomic E-state index is 0.219. The maximum Gasteiger partial charge on any atom is 0.162 e. The first-order valence-corrected chi connectivity index (χ1v) is 5.58. The van der Waals surface area contributed by atoms with E-state index in [1.807, 2.05) is 31.2 Å². The van der Waals surface area contributed by atoms with E-state index in [9.17, 15) is 4.79 Å². The van der Waals surface area contributed by atoms with Gasteiger partial charge in [0, 0.05) is 17.3 Å². The molecule has 0 fully saturated rings. The summed E-state index contributed by atoms with van der Waals surface area (Å²) in [7, 11) is 0. The van der Waals surface area contributed by atoms with Gasteiger partial charge in [0.25, 0.3) is 0 Å². The van der Waals surface area contributed by atoms with Crippen molar-refractivity contribution in [2.45, 2.75) is 19.8 Å². The summed E-state index contributed by atoms with van der Waals surface area (Å²) in [6.45, 7) is 1.89. The van der Waals surface area contributed by atoms with Crippen LogP contribution in [0.5, 0.6) is 0 Å². The molecule has 0 aliphatic heterocycles. The maximum atomic E-state index is 11.4. The second-order valence-electron chi connectivity index (χ2n) is 2.92. The molecule has 0 atom stereocenters. The van der Waals surface area contributed by atoms with Crippen LogP contribution in [0.25, 0.3) is 0 Å². The van der Waals surface area contributed by atoms with Crippen LogP contribution in [-0.2, 0) is 6.42 Å². The number of benzene rings is 1. The molecular weight excluding hydrogens is 228 g/mol. The van der Waals surface area contributed by atoms with Crippen LogP contribution in [-0.4, -0.2) is 11.1 Å². The molecule has 0 unspecified atom stereocenters. The Kier molecular flexibility index (Phi) is 4.16. The van der Waals surface area contributed by atoms with E-state index in [0.29, 0.717) is 6.42 Å². The van der Waals surface area contributed by atoms with Crippen molar-refractivity contribution in [2.24, 2.45) is 0 Å². The molecule has 0 N–H and O–H groups in total. The summed E-state index contributed by atoms with van der Waals surface area (Å²) in [5, 5.41) is 0.941. The third-order valence-corrected chi connectivity index (χ3v) is 2.35. The second-order valence-corrected chi connectivity index (χ2v) is 3.71. The van der Waals surface area contributed by atoms with E-state index in [4.69, 9.17) is 0 Å². The summed E-state index contributed by atoms with van der Waals surface area (Å²) in [6.07, 6.45) is 1.56. The second kappa shape index (κ2) is 5.18. The zero-order valence-corrected chi connectivity index (χ0v) is 9.30. The minimum Gasteiger partial charge on any atom is -0.294 e. The van der Waals surface area contributed by atoms with E-state index < -0.39 is 0 Å². The minimum absolute atomic E-state index is 0.219. The molecule has 1 aromatic carbocycles. The van der Waals surface area contributed by atoms with Crippen LogP contribution < -0.4 is 0 Å². The quantitative estimate of drug-likeness (QED) is 0.584. The van der Waals surface area contributed by atoms with Crippen LogP contribution in [0, 0.1) is 0 Å². The summed E-state index contributed by atoms with van der Waals surface area (Å²) in [4.78, 5) is 11.4. The van der Waals surface area contributed by atoms with Gasteiger partial charge in [0.1, 0.15) is 0 Å². The molecule has 0 heterocycles. The molecule has 0 aliphatic carbocycles. The van der Waals surface area contributed by atoms with Crippen LogP contribution in [0.4, 0.5) is 0 Å². The van der Waals surface area contributed by atoms with Gasteiger partial charge >= 0.3 is 0 Å². The number of halogens is 1. The standard InChI is InChI=1S/C11H13BrO/c1-2-11(13)10-5-3-4-9(8-10)6-7-12/h3-5,8H,2,6-7H2,1H3. The van der Waals surface area contributed by atoms with E-state index in [1.54, 1.807) is 0 Å². The SMILES string of the molecule is CCC(=O)c1cccc(CCBr)c1. The van der Waals surface area contributed by atoms with Crippen molar-refractivity contribution < 1.29 is 4.79 Å². The molecule has 13 heavy (non-hydrogen) atoms. The fourth-order valence-electron chi connectivity index (χ4n) is 1.21. The Balaban J connectivity index is 2.85. The number of rotatable bonds is 4. The predicted molar refractivity (Wildman–Crippen MR) is 58.6 cm³/mol. The Morgan fingerprint density at radius 1 is 1.46 bits per heavy atom. The number of hydrogen-bond acceptors (Lipinski definition) is 1. The van der Waals surface area contributed by atoms with E-state index in [0.717, 1.165) is 17.3 Å². The van der Waals surface area contributed by atoms with Crippen LogP contribution in [0.2, 0.25) is 0 Å². The highest BCUT2D eigenvalue weighted by Crippen LogP contribution is 2.09. The van der Waals surface area contributed by atoms with E-state index in [-0.39, 0.29) is 5.78 Å². The lowest BCUT2D eigenvalue weighted by Crippen LogP contribution is -1.97. The van der Waals surface area contributed by atoms with Gasteiger partial charge in [-0.3, -0.25) is 4.79 Å². The van der Waals surface area contributed by atoms with Crippen molar-refractivity contribution in [3.05, 3.63) is 35.4 Å². The normalized spacial score (nSPS) is 10.0. The predicted octanol–water partition coefficient (Wildman–Crippen LogP) is 3.22. The van der Waals surface area contributed by atoms with Gasteiger partial charge in [0.15, 0.2) is 5.78 Å². The topological polar surface area (TPSA) is 17.1 Å². The summed E-state index contributed by atoms with van der Waals surface area (Å²) in [6, 6.07) is 7.85. The van der Waals surface area contributed by atoms with Crippen LogP contribution >= 0.6 is 15.9 Å². The number of alkyl halides is 1. The van der Waals surface area contributed by atoms with Crippen LogP contribution in [0.1, 0.15) is 29.3 Å². The highest BCUT2D eigenvalue weighted by atomic mass is 79.9. The maximum absolute atomic E-state index is 11.4. The smallest absolute Gasteiger partial charge is 0.162 e. The van der Waals surface area contributed by atoms with E-state index in [2.05, 4.69) is 15.9 Å². The molecule has 0 amide bonds. The number of carbonyl (C=O) groups excluding carboxylic acids is 1. The summed E-state index contributed by atoms with van der Waals surface area (Å²) >= 11 is 3.38. The zero-order valence-electron chi connectivity index (χ0n) is 7.72. The van der Waals surface area contributed by atoms with Gasteiger partial charge in [-0.25, -0.2) is 0 Å². The van der Waals surface area contributed by atoms with Gasteiger partial charge in [-0.2, -0.15) is 0 Å². The molecule has 70 valence electrons. The number of ketones is 1. The van der Waals surface area contributed by atoms with Crippen molar-refractivity contribution in [1.82, 2.24) is 0 Å². The van der Waals surface area contributed by atoms with Gasteiger partial charge in [-0.1, -0.05) is 41.1 Å². The summed E-state index contributed by atoms with van der Waals surface area (Å²) in [5.41, 5.74) is 2.05. The average molecular weight is 241 g/mol. The van der Waals surface area contributed by atoms with E-state index in [1.165, 1.54) is 5.56 Å². The van der Waals surface area contributed by atoms with Crippen LogP contribution in [0.3, 0.4) is 0 Å². The first-order valence-electron chi connectivity index (χ1n) is 4.46. The molecule has 0 saturated carbocycles. The number of carbonyl (C=O) groups is 1. The molecule has 0 aromatic heterocycles. The highest BCUT2D eigenvalue weighted by Gasteiger charge is 2.02. The molecule has 0 aliphatic rings. The lowest BCUT2D eigenvalue weighted by molar-refractivity contribution is 0.0988. The van der Waals surface area contributed by atoms with Gasteiger partial charge in [0.05, 0.1) is 0 Å². The molecule has 0 radical (unpaired) electrons. The van der Waals surface area contributed by atoms with E-state index >= 15 is 0 Å². The van der Waals surface area contributed by atoms with Crippen molar-refractivity contribution in [3.8, 4) is 0 Å². The van der Waals surface area contributed by atoms with Gasteiger partial charge < -0.3 is 0 Å². The van der Waals surface area contributed by atoms with Crippen LogP contribution in [0.15, 0.2) is 24.3 Å². The van der Waals surface area contributed by atoms with Crippen molar-refractivity contribution in [1.29, 1.82) is 0 Å². The monoisotopic (exact) mass is 240 g/mol. The zero-order chi connectivity index (χ0) is 9.68. The van der Waals surface area contributed by atoms with Crippen molar-refractivity contribution in [3.63, 3.8) is 0 Å². The Morgan fingerprint density at radius 3 is 2.85 bits per heavy atom. The summed E-state index contributed by atoms with van der Waals surface area (Å²) < 4.78 is 0. The fraction of sp³-hybridized carbons (Fsp3) is 0.364. The molecule has 0 spiro atoms. The molecule has 1 rings (SSSR count). The Hall–Kier alpha value is -0.630. The summed E-state index contributed by atoms with van der Waals surface area (Å²) in [5.74, 6) is 0.219. The Labute approximate surface area is 87.3 Å². The van der Waals surface area contributed by atoms with Gasteiger partial charge in [-0.05, 0) is 18.1 Å². The largest absolute Gasteiger partial charge is 0.294 e. The highest BCUT2D eigenvalue weighted by molar-refractivity contribution is 9.09. The third-order valence-electron chi connectivity index (χ3n) is 1.95. The first-order chi connectivity index (χ1) is 6.27. The first kappa shape index (κ1) is 10.5. The van der Waals surface area contributed by atoms with Crippen molar-refractivity contribution >= 4 is 21.7 Å². The number of aryl methyl sites for hydroxylation is 1. The lowest BCUT2D eigenvalue weighted by Gasteiger charge is -2.01. The average Bonchev–Trinajstić information content (AvgIpc) is 2.18. The lowest BCUT2D eigenvalue weighted by atomic mass is 10.0. The molecular formula is C11H13BrO. The molecule has 1 nitrogen and oxygen atoms in total. The fourth-order valence-corrected chi connectivity index (χ4v) is 1.67. The van der Waals surface area contributed by atoms with Gasteiger partial charge in [-0.15, -0.1) is 0 Å². The molecule has 0 bridgehead atoms. The Bertz CT molecular complexity index is 294. The van der Waals surface area contributed by atoms with Crippen molar-refractivity contribution in [2.75, 3.05) is 5.33 Å². The number of hydrogen-bond donors (Lipinski definition) is 0. The molecule has 2 heteroatoms. The Morgan fingerprint density at radius 2 is 2.23 bits per heavy atom. The number of Topliss-reactive ketones (excluding diaryl/α,β-unsaturated/α-hetero) is 1. The molecule has 1 aromatic rings. The molecule has 0 saturated heterocycles. The van der Waals surface area contributed by atoms with Gasteiger partial charge in [0.2, 0.25) is 0 Å². The third kappa shape index (κ3) is 2.96.